The first-order valence-electron chi connectivity index (χ1n) is 5.93. The van der Waals surface area contributed by atoms with Gasteiger partial charge in [-0.2, -0.15) is 0 Å². The van der Waals surface area contributed by atoms with Crippen LogP contribution in [-0.4, -0.2) is 29.1 Å². The molecule has 3 amide bonds. The maximum Gasteiger partial charge on any atom is 0.336 e. The molecular formula is C13H17N3O4. The van der Waals surface area contributed by atoms with Crippen molar-refractivity contribution < 1.29 is 19.5 Å². The lowest BCUT2D eigenvalue weighted by Gasteiger charge is -2.13. The van der Waals surface area contributed by atoms with E-state index in [0.29, 0.717) is 11.3 Å². The average Bonchev–Trinajstić information content (AvgIpc) is 2.32. The summed E-state index contributed by atoms with van der Waals surface area (Å²) in [4.78, 5) is 33.5. The Morgan fingerprint density at radius 1 is 1.25 bits per heavy atom. The first-order valence-corrected chi connectivity index (χ1v) is 5.93. The van der Waals surface area contributed by atoms with Gasteiger partial charge in [0.15, 0.2) is 0 Å². The number of anilines is 1. The van der Waals surface area contributed by atoms with Crippen LogP contribution in [0, 0.1) is 13.8 Å². The Labute approximate surface area is 116 Å². The molecule has 7 nitrogen and oxygen atoms in total. The van der Waals surface area contributed by atoms with Gasteiger partial charge in [-0.25, -0.2) is 9.59 Å². The van der Waals surface area contributed by atoms with Crippen LogP contribution in [0.3, 0.4) is 0 Å². The zero-order chi connectivity index (χ0) is 15.4. The minimum Gasteiger partial charge on any atom is -0.478 e. The summed E-state index contributed by atoms with van der Waals surface area (Å²) in [6.45, 7) is 4.89. The van der Waals surface area contributed by atoms with E-state index in [1.165, 1.54) is 13.0 Å². The number of primary amides is 1. The summed E-state index contributed by atoms with van der Waals surface area (Å²) in [6.07, 6.45) is 0. The predicted octanol–water partition coefficient (Wildman–Crippen LogP) is 0.997. The molecule has 0 saturated carbocycles. The third-order valence-electron chi connectivity index (χ3n) is 2.93. The number of hydrogen-bond donors (Lipinski definition) is 4. The topological polar surface area (TPSA) is 122 Å². The Balaban J connectivity index is 2.91. The number of rotatable bonds is 4. The van der Waals surface area contributed by atoms with Gasteiger partial charge in [0.25, 0.3) is 0 Å². The van der Waals surface area contributed by atoms with Crippen LogP contribution in [0.25, 0.3) is 0 Å². The molecule has 5 N–H and O–H groups in total. The normalized spacial score (nSPS) is 11.6. The number of nitrogens with two attached hydrogens (primary N) is 1. The summed E-state index contributed by atoms with van der Waals surface area (Å²) in [7, 11) is 0. The third kappa shape index (κ3) is 3.71. The molecule has 1 rings (SSSR count). The third-order valence-corrected chi connectivity index (χ3v) is 2.93. The van der Waals surface area contributed by atoms with Crippen molar-refractivity contribution in [3.8, 4) is 0 Å². The van der Waals surface area contributed by atoms with Gasteiger partial charge in [-0.05, 0) is 44.0 Å². The van der Waals surface area contributed by atoms with Crippen LogP contribution in [0.4, 0.5) is 10.5 Å². The Morgan fingerprint density at radius 3 is 2.35 bits per heavy atom. The van der Waals surface area contributed by atoms with Gasteiger partial charge in [-0.3, -0.25) is 4.79 Å². The summed E-state index contributed by atoms with van der Waals surface area (Å²) < 4.78 is 0. The Bertz CT molecular complexity index is 569. The molecule has 0 fully saturated rings. The molecule has 1 aromatic rings. The monoisotopic (exact) mass is 279 g/mol. The van der Waals surface area contributed by atoms with Gasteiger partial charge in [-0.1, -0.05) is 0 Å². The molecule has 1 unspecified atom stereocenters. The summed E-state index contributed by atoms with van der Waals surface area (Å²) in [5, 5.41) is 13.9. The number of amides is 3. The quantitative estimate of drug-likeness (QED) is 0.656. The van der Waals surface area contributed by atoms with E-state index in [1.54, 1.807) is 19.9 Å². The minimum absolute atomic E-state index is 0.114. The molecule has 0 aromatic heterocycles. The van der Waals surface area contributed by atoms with Crippen LogP contribution in [0.5, 0.6) is 0 Å². The molecule has 7 heteroatoms. The molecule has 0 spiro atoms. The van der Waals surface area contributed by atoms with Crippen LogP contribution in [-0.2, 0) is 4.79 Å². The van der Waals surface area contributed by atoms with Gasteiger partial charge in [0.05, 0.1) is 5.56 Å². The zero-order valence-electron chi connectivity index (χ0n) is 11.5. The second-order valence-electron chi connectivity index (χ2n) is 4.49. The number of aryl methyl sites for hydroxylation is 1. The van der Waals surface area contributed by atoms with Crippen LogP contribution in [0.1, 0.15) is 28.4 Å². The number of nitrogens with one attached hydrogen (secondary N) is 2. The summed E-state index contributed by atoms with van der Waals surface area (Å²) in [5.74, 6) is -1.73. The van der Waals surface area contributed by atoms with Crippen molar-refractivity contribution in [3.63, 3.8) is 0 Å². The smallest absolute Gasteiger partial charge is 0.336 e. The number of hydrogen-bond acceptors (Lipinski definition) is 3. The Morgan fingerprint density at radius 2 is 1.85 bits per heavy atom. The van der Waals surface area contributed by atoms with Crippen LogP contribution >= 0.6 is 0 Å². The van der Waals surface area contributed by atoms with Crippen molar-refractivity contribution in [2.45, 2.75) is 26.8 Å². The maximum atomic E-state index is 11.6. The van der Waals surface area contributed by atoms with E-state index >= 15 is 0 Å². The Kier molecular flexibility index (Phi) is 4.68. The number of carboxylic acids is 1. The number of carbonyl (C=O) groups excluding carboxylic acids is 2. The number of carboxylic acid groups (broad SMARTS) is 1. The van der Waals surface area contributed by atoms with Gasteiger partial charge in [0.2, 0.25) is 5.91 Å². The molecule has 1 aromatic carbocycles. The number of carbonyl (C=O) groups is 3. The lowest BCUT2D eigenvalue weighted by atomic mass is 10.0. The molecule has 0 saturated heterocycles. The van der Waals surface area contributed by atoms with E-state index < -0.39 is 23.9 Å². The van der Waals surface area contributed by atoms with Crippen LogP contribution in [0.15, 0.2) is 12.1 Å². The van der Waals surface area contributed by atoms with Gasteiger partial charge in [0.1, 0.15) is 6.04 Å². The minimum atomic E-state index is -1.07. The SMILES string of the molecule is Cc1cc(NC(=O)NC(C)C(N)=O)cc(C(=O)O)c1C. The van der Waals surface area contributed by atoms with Crippen molar-refractivity contribution in [2.24, 2.45) is 5.73 Å². The highest BCUT2D eigenvalue weighted by Crippen LogP contribution is 2.20. The zero-order valence-corrected chi connectivity index (χ0v) is 11.5. The lowest BCUT2D eigenvalue weighted by molar-refractivity contribution is -0.119. The van der Waals surface area contributed by atoms with Crippen LogP contribution in [0.2, 0.25) is 0 Å². The van der Waals surface area contributed by atoms with E-state index in [2.05, 4.69) is 10.6 Å². The van der Waals surface area contributed by atoms with Gasteiger partial charge in [0, 0.05) is 5.69 Å². The lowest BCUT2D eigenvalue weighted by Crippen LogP contribution is -2.44. The van der Waals surface area contributed by atoms with Crippen molar-refractivity contribution in [3.05, 3.63) is 28.8 Å². The summed E-state index contributed by atoms with van der Waals surface area (Å²) in [6, 6.07) is 1.56. The van der Waals surface area contributed by atoms with Gasteiger partial charge >= 0.3 is 12.0 Å². The number of urea groups is 1. The summed E-state index contributed by atoms with van der Waals surface area (Å²) >= 11 is 0. The van der Waals surface area contributed by atoms with Crippen LogP contribution < -0.4 is 16.4 Å². The number of aromatic carboxylic acids is 1. The van der Waals surface area contributed by atoms with Gasteiger partial charge in [-0.15, -0.1) is 0 Å². The second-order valence-corrected chi connectivity index (χ2v) is 4.49. The predicted molar refractivity (Wildman–Crippen MR) is 73.7 cm³/mol. The molecular weight excluding hydrogens is 262 g/mol. The van der Waals surface area contributed by atoms with E-state index in [0.717, 1.165) is 5.56 Å². The maximum absolute atomic E-state index is 11.6. The average molecular weight is 279 g/mol. The molecule has 108 valence electrons. The van der Waals surface area contributed by atoms with E-state index in [1.807, 2.05) is 0 Å². The highest BCUT2D eigenvalue weighted by atomic mass is 16.4. The van der Waals surface area contributed by atoms with E-state index in [9.17, 15) is 14.4 Å². The highest BCUT2D eigenvalue weighted by molar-refractivity contribution is 5.96. The largest absolute Gasteiger partial charge is 0.478 e. The van der Waals surface area contributed by atoms with Crippen molar-refractivity contribution in [1.29, 1.82) is 0 Å². The standard InChI is InChI=1S/C13H17N3O4/c1-6-4-9(5-10(7(6)2)12(18)19)16-13(20)15-8(3)11(14)17/h4-5,8H,1-3H3,(H2,14,17)(H,18,19)(H2,15,16,20). The van der Waals surface area contributed by atoms with Crippen molar-refractivity contribution in [2.75, 3.05) is 5.32 Å². The molecule has 1 atom stereocenters. The number of benzene rings is 1. The Hall–Kier alpha value is -2.57. The molecule has 0 bridgehead atoms. The van der Waals surface area contributed by atoms with Crippen molar-refractivity contribution in [1.82, 2.24) is 5.32 Å². The van der Waals surface area contributed by atoms with Crippen molar-refractivity contribution >= 4 is 23.6 Å². The first kappa shape index (κ1) is 15.5. The molecule has 0 heterocycles. The van der Waals surface area contributed by atoms with E-state index in [-0.39, 0.29) is 5.56 Å². The second kappa shape index (κ2) is 6.05. The molecule has 0 radical (unpaired) electrons. The molecule has 0 aliphatic rings. The molecule has 20 heavy (non-hydrogen) atoms. The fourth-order valence-corrected chi connectivity index (χ4v) is 1.59. The van der Waals surface area contributed by atoms with E-state index in [4.69, 9.17) is 10.8 Å². The first-order chi connectivity index (χ1) is 9.22. The molecule has 0 aliphatic heterocycles. The fraction of sp³-hybridized carbons (Fsp3) is 0.308. The van der Waals surface area contributed by atoms with Gasteiger partial charge < -0.3 is 21.5 Å². The fourth-order valence-electron chi connectivity index (χ4n) is 1.59. The highest BCUT2D eigenvalue weighted by Gasteiger charge is 2.14. The summed E-state index contributed by atoms with van der Waals surface area (Å²) in [5.41, 5.74) is 6.85. The molecule has 0 aliphatic carbocycles.